The first-order chi connectivity index (χ1) is 9.22. The van der Waals surface area contributed by atoms with Gasteiger partial charge in [-0.3, -0.25) is 4.99 Å². The van der Waals surface area contributed by atoms with Crippen LogP contribution in [-0.4, -0.2) is 54.0 Å². The molecule has 0 bridgehead atoms. The van der Waals surface area contributed by atoms with Crippen molar-refractivity contribution in [2.24, 2.45) is 4.99 Å². The van der Waals surface area contributed by atoms with E-state index in [-0.39, 0.29) is 0 Å². The molecule has 0 spiro atoms. The van der Waals surface area contributed by atoms with E-state index in [4.69, 9.17) is 9.83 Å². The van der Waals surface area contributed by atoms with Crippen LogP contribution in [0.2, 0.25) is 0 Å². The maximum absolute atomic E-state index is 5.37. The van der Waals surface area contributed by atoms with Crippen molar-refractivity contribution in [1.82, 2.24) is 14.9 Å². The molecule has 1 fully saturated rings. The van der Waals surface area contributed by atoms with Crippen LogP contribution in [0, 0.1) is 0 Å². The minimum atomic E-state index is 0.338. The molecule has 5 heteroatoms. The Morgan fingerprint density at radius 1 is 1.47 bits per heavy atom. The highest BCUT2D eigenvalue weighted by Gasteiger charge is 2.37. The van der Waals surface area contributed by atoms with Crippen LogP contribution < -0.4 is 0 Å². The second kappa shape index (κ2) is 4.98. The Labute approximate surface area is 114 Å². The van der Waals surface area contributed by atoms with Gasteiger partial charge in [0, 0.05) is 25.4 Å². The number of rotatable bonds is 3. The van der Waals surface area contributed by atoms with E-state index >= 15 is 0 Å². The highest BCUT2D eigenvalue weighted by molar-refractivity contribution is 5.69. The van der Waals surface area contributed by atoms with E-state index in [9.17, 15) is 0 Å². The Kier molecular flexibility index (Phi) is 3.33. The summed E-state index contributed by atoms with van der Waals surface area (Å²) in [5, 5.41) is 1.99. The Morgan fingerprint density at radius 2 is 2.32 bits per heavy atom. The SMILES string of the molecule is CCCN1C=C(C)CC2=C1N1CN(OC)CC1C=N2. The molecule has 1 atom stereocenters. The van der Waals surface area contributed by atoms with Gasteiger partial charge in [0.1, 0.15) is 5.82 Å². The Bertz CT molecular complexity index is 454. The van der Waals surface area contributed by atoms with E-state index in [0.717, 1.165) is 32.6 Å². The summed E-state index contributed by atoms with van der Waals surface area (Å²) in [7, 11) is 1.74. The predicted octanol–water partition coefficient (Wildman–Crippen LogP) is 1.76. The lowest BCUT2D eigenvalue weighted by Crippen LogP contribution is -2.42. The van der Waals surface area contributed by atoms with Crippen LogP contribution in [0.1, 0.15) is 26.7 Å². The van der Waals surface area contributed by atoms with E-state index in [1.54, 1.807) is 7.11 Å². The lowest BCUT2D eigenvalue weighted by molar-refractivity contribution is -0.121. The van der Waals surface area contributed by atoms with Gasteiger partial charge in [-0.05, 0) is 13.3 Å². The van der Waals surface area contributed by atoms with Crippen molar-refractivity contribution >= 4 is 6.21 Å². The summed E-state index contributed by atoms with van der Waals surface area (Å²) in [4.78, 5) is 14.8. The molecule has 3 heterocycles. The molecule has 3 aliphatic rings. The van der Waals surface area contributed by atoms with Gasteiger partial charge >= 0.3 is 0 Å². The first-order valence-corrected chi connectivity index (χ1v) is 7.00. The smallest absolute Gasteiger partial charge is 0.132 e. The first kappa shape index (κ1) is 12.7. The largest absolute Gasteiger partial charge is 0.333 e. The second-order valence-electron chi connectivity index (χ2n) is 5.42. The van der Waals surface area contributed by atoms with Gasteiger partial charge in [-0.15, -0.1) is 0 Å². The topological polar surface area (TPSA) is 31.3 Å². The van der Waals surface area contributed by atoms with Gasteiger partial charge in [-0.25, -0.2) is 0 Å². The molecule has 19 heavy (non-hydrogen) atoms. The summed E-state index contributed by atoms with van der Waals surface area (Å²) in [5.74, 6) is 1.28. The van der Waals surface area contributed by atoms with Crippen molar-refractivity contribution in [1.29, 1.82) is 0 Å². The maximum Gasteiger partial charge on any atom is 0.132 e. The van der Waals surface area contributed by atoms with E-state index in [1.165, 1.54) is 17.1 Å². The molecule has 5 nitrogen and oxygen atoms in total. The molecule has 0 aromatic rings. The second-order valence-corrected chi connectivity index (χ2v) is 5.42. The average Bonchev–Trinajstić information content (AvgIpc) is 2.81. The minimum absolute atomic E-state index is 0.338. The standard InChI is InChI=1S/C14H22N4O/c1-4-5-16-8-11(2)6-13-14(16)18-10-17(19-3)9-12(18)7-15-13/h7-8,12H,4-6,9-10H2,1-3H3. The zero-order chi connectivity index (χ0) is 13.4. The third-order valence-corrected chi connectivity index (χ3v) is 3.85. The molecule has 1 unspecified atom stereocenters. The number of fused-ring (bicyclic) bond motifs is 2. The van der Waals surface area contributed by atoms with Gasteiger partial charge < -0.3 is 14.6 Å². The minimum Gasteiger partial charge on any atom is -0.333 e. The highest BCUT2D eigenvalue weighted by Crippen LogP contribution is 2.34. The van der Waals surface area contributed by atoms with Crippen LogP contribution in [0.5, 0.6) is 0 Å². The molecule has 0 aliphatic carbocycles. The highest BCUT2D eigenvalue weighted by atomic mass is 16.7. The van der Waals surface area contributed by atoms with Crippen LogP contribution in [0.3, 0.4) is 0 Å². The molecule has 3 aliphatic heterocycles. The van der Waals surface area contributed by atoms with Crippen molar-refractivity contribution in [2.75, 3.05) is 26.9 Å². The molecule has 104 valence electrons. The Morgan fingerprint density at radius 3 is 3.05 bits per heavy atom. The lowest BCUT2D eigenvalue weighted by atomic mass is 10.1. The maximum atomic E-state index is 5.37. The number of hydroxylamine groups is 2. The molecule has 0 N–H and O–H groups in total. The predicted molar refractivity (Wildman–Crippen MR) is 75.1 cm³/mol. The van der Waals surface area contributed by atoms with Gasteiger partial charge in [-0.2, -0.15) is 5.06 Å². The van der Waals surface area contributed by atoms with Crippen LogP contribution in [0.25, 0.3) is 0 Å². The van der Waals surface area contributed by atoms with Crippen LogP contribution in [0.4, 0.5) is 0 Å². The zero-order valence-electron chi connectivity index (χ0n) is 12.0. The van der Waals surface area contributed by atoms with Gasteiger partial charge in [0.25, 0.3) is 0 Å². The van der Waals surface area contributed by atoms with Crippen molar-refractivity contribution in [3.05, 3.63) is 23.3 Å². The van der Waals surface area contributed by atoms with E-state index in [2.05, 4.69) is 36.1 Å². The van der Waals surface area contributed by atoms with Gasteiger partial charge in [0.05, 0.1) is 32.1 Å². The molecule has 3 rings (SSSR count). The number of nitrogens with zero attached hydrogens (tertiary/aromatic N) is 4. The van der Waals surface area contributed by atoms with Crippen molar-refractivity contribution in [3.8, 4) is 0 Å². The third-order valence-electron chi connectivity index (χ3n) is 3.85. The molecule has 0 aromatic heterocycles. The fourth-order valence-electron chi connectivity index (χ4n) is 3.03. The van der Waals surface area contributed by atoms with Crippen molar-refractivity contribution in [3.63, 3.8) is 0 Å². The molecular formula is C14H22N4O. The fourth-order valence-corrected chi connectivity index (χ4v) is 3.03. The summed E-state index contributed by atoms with van der Waals surface area (Å²) in [6, 6.07) is 0.338. The van der Waals surface area contributed by atoms with E-state index < -0.39 is 0 Å². The zero-order valence-corrected chi connectivity index (χ0v) is 12.0. The summed E-state index contributed by atoms with van der Waals surface area (Å²) < 4.78 is 0. The van der Waals surface area contributed by atoms with Gasteiger partial charge in [0.15, 0.2) is 0 Å². The molecule has 0 saturated carbocycles. The van der Waals surface area contributed by atoms with Gasteiger partial charge in [-0.1, -0.05) is 12.5 Å². The Hall–Kier alpha value is -1.33. The summed E-state index contributed by atoms with van der Waals surface area (Å²) >= 11 is 0. The Balaban J connectivity index is 1.90. The van der Waals surface area contributed by atoms with Crippen molar-refractivity contribution in [2.45, 2.75) is 32.7 Å². The molecule has 1 saturated heterocycles. The number of aliphatic imine (C=N–C) groups is 1. The number of hydrogen-bond donors (Lipinski definition) is 0. The van der Waals surface area contributed by atoms with Gasteiger partial charge in [0.2, 0.25) is 0 Å². The van der Waals surface area contributed by atoms with Crippen molar-refractivity contribution < 1.29 is 4.84 Å². The van der Waals surface area contributed by atoms with E-state index in [0.29, 0.717) is 6.04 Å². The monoisotopic (exact) mass is 262 g/mol. The normalized spacial score (nSPS) is 26.7. The van der Waals surface area contributed by atoms with Crippen LogP contribution >= 0.6 is 0 Å². The summed E-state index contributed by atoms with van der Waals surface area (Å²) in [6.07, 6.45) is 6.44. The van der Waals surface area contributed by atoms with E-state index in [1.807, 2.05) is 5.06 Å². The first-order valence-electron chi connectivity index (χ1n) is 7.00. The molecular weight excluding hydrogens is 240 g/mol. The summed E-state index contributed by atoms with van der Waals surface area (Å²) in [5.41, 5.74) is 2.58. The lowest BCUT2D eigenvalue weighted by Gasteiger charge is -2.39. The molecule has 0 amide bonds. The van der Waals surface area contributed by atoms with Crippen LogP contribution in [0.15, 0.2) is 28.3 Å². The summed E-state index contributed by atoms with van der Waals surface area (Å²) in [6.45, 7) is 7.15. The third kappa shape index (κ3) is 2.17. The quantitative estimate of drug-likeness (QED) is 0.775. The van der Waals surface area contributed by atoms with Crippen LogP contribution in [-0.2, 0) is 4.84 Å². The fraction of sp³-hybridized carbons (Fsp3) is 0.643. The average molecular weight is 262 g/mol. The number of allylic oxidation sites excluding steroid dienone is 1. The number of hydrogen-bond acceptors (Lipinski definition) is 5. The molecule has 0 aromatic carbocycles. The molecule has 0 radical (unpaired) electrons.